The Balaban J connectivity index is 2.55. The van der Waals surface area contributed by atoms with E-state index in [-0.39, 0.29) is 5.56 Å². The summed E-state index contributed by atoms with van der Waals surface area (Å²) < 4.78 is 1.84. The van der Waals surface area contributed by atoms with E-state index in [1.807, 2.05) is 11.5 Å². The lowest BCUT2D eigenvalue weighted by Gasteiger charge is -2.19. The van der Waals surface area contributed by atoms with Crippen molar-refractivity contribution >= 4 is 11.6 Å². The normalized spacial score (nSPS) is 14.9. The van der Waals surface area contributed by atoms with Crippen LogP contribution >= 0.6 is 11.6 Å². The van der Waals surface area contributed by atoms with Crippen molar-refractivity contribution in [2.45, 2.75) is 45.6 Å². The van der Waals surface area contributed by atoms with Gasteiger partial charge < -0.3 is 0 Å². The average molecular weight is 241 g/mol. The molecule has 3 nitrogen and oxygen atoms in total. The second kappa shape index (κ2) is 5.00. The van der Waals surface area contributed by atoms with E-state index in [9.17, 15) is 4.79 Å². The van der Waals surface area contributed by atoms with Gasteiger partial charge >= 0.3 is 0 Å². The molecule has 0 saturated heterocycles. The van der Waals surface area contributed by atoms with E-state index in [1.165, 1.54) is 0 Å². The second-order valence-corrected chi connectivity index (χ2v) is 4.54. The van der Waals surface area contributed by atoms with Gasteiger partial charge in [0.05, 0.1) is 5.69 Å². The summed E-state index contributed by atoms with van der Waals surface area (Å²) in [6.07, 6.45) is 4.61. The minimum Gasteiger partial charge on any atom is -0.296 e. The summed E-state index contributed by atoms with van der Waals surface area (Å²) in [6, 6.07) is 0. The van der Waals surface area contributed by atoms with Crippen LogP contribution in [-0.2, 0) is 25.8 Å². The third-order valence-electron chi connectivity index (χ3n) is 3.14. The van der Waals surface area contributed by atoms with E-state index >= 15 is 0 Å². The number of aromatic nitrogens is 2. The maximum absolute atomic E-state index is 12.2. The molecule has 1 aromatic rings. The lowest BCUT2D eigenvalue weighted by Crippen LogP contribution is -2.32. The van der Waals surface area contributed by atoms with Crippen LogP contribution in [0, 0.1) is 0 Å². The lowest BCUT2D eigenvalue weighted by molar-refractivity contribution is 0.488. The molecule has 0 fully saturated rings. The first-order valence-corrected chi connectivity index (χ1v) is 6.48. The first-order chi connectivity index (χ1) is 7.77. The van der Waals surface area contributed by atoms with Crippen LogP contribution in [0.15, 0.2) is 4.79 Å². The Labute approximate surface area is 100 Å². The topological polar surface area (TPSA) is 34.9 Å². The van der Waals surface area contributed by atoms with Crippen molar-refractivity contribution in [1.29, 1.82) is 0 Å². The zero-order valence-corrected chi connectivity index (χ0v) is 10.4. The zero-order valence-electron chi connectivity index (χ0n) is 9.63. The van der Waals surface area contributed by atoms with Crippen molar-refractivity contribution in [2.75, 3.05) is 5.88 Å². The van der Waals surface area contributed by atoms with E-state index in [1.54, 1.807) is 0 Å². The van der Waals surface area contributed by atoms with Crippen LogP contribution in [-0.4, -0.2) is 15.4 Å². The SMILES string of the molecule is CCc1nc2n(c(=O)c1CCCl)CCCC2. The van der Waals surface area contributed by atoms with Crippen LogP contribution in [0.3, 0.4) is 0 Å². The highest BCUT2D eigenvalue weighted by Crippen LogP contribution is 2.13. The smallest absolute Gasteiger partial charge is 0.256 e. The minimum atomic E-state index is 0.141. The largest absolute Gasteiger partial charge is 0.296 e. The highest BCUT2D eigenvalue weighted by Gasteiger charge is 2.17. The third kappa shape index (κ3) is 2.01. The van der Waals surface area contributed by atoms with Gasteiger partial charge in [-0.05, 0) is 25.7 Å². The number of aryl methyl sites for hydroxylation is 2. The van der Waals surface area contributed by atoms with Gasteiger partial charge in [-0.1, -0.05) is 6.92 Å². The molecular weight excluding hydrogens is 224 g/mol. The van der Waals surface area contributed by atoms with E-state index in [4.69, 9.17) is 11.6 Å². The van der Waals surface area contributed by atoms with Crippen LogP contribution in [0.4, 0.5) is 0 Å². The fourth-order valence-electron chi connectivity index (χ4n) is 2.30. The van der Waals surface area contributed by atoms with Crippen molar-refractivity contribution in [1.82, 2.24) is 9.55 Å². The number of rotatable bonds is 3. The number of halogens is 1. The van der Waals surface area contributed by atoms with E-state index in [0.717, 1.165) is 49.3 Å². The Morgan fingerprint density at radius 3 is 2.94 bits per heavy atom. The van der Waals surface area contributed by atoms with Crippen molar-refractivity contribution in [3.8, 4) is 0 Å². The molecular formula is C12H17ClN2O. The summed E-state index contributed by atoms with van der Waals surface area (Å²) in [4.78, 5) is 16.9. The Kier molecular flexibility index (Phi) is 3.64. The summed E-state index contributed by atoms with van der Waals surface area (Å²) in [5, 5.41) is 0. The highest BCUT2D eigenvalue weighted by atomic mass is 35.5. The summed E-state index contributed by atoms with van der Waals surface area (Å²) in [5.41, 5.74) is 1.91. The van der Waals surface area contributed by atoms with Crippen molar-refractivity contribution in [3.63, 3.8) is 0 Å². The molecule has 16 heavy (non-hydrogen) atoms. The molecule has 1 aliphatic rings. The van der Waals surface area contributed by atoms with Crippen molar-refractivity contribution < 1.29 is 0 Å². The van der Waals surface area contributed by atoms with Gasteiger partial charge in [-0.3, -0.25) is 9.36 Å². The van der Waals surface area contributed by atoms with Crippen molar-refractivity contribution in [2.24, 2.45) is 0 Å². The summed E-state index contributed by atoms with van der Waals surface area (Å²) in [7, 11) is 0. The molecule has 0 spiro atoms. The standard InChI is InChI=1S/C12H17ClN2O/c1-2-10-9(6-7-13)12(16)15-8-4-3-5-11(15)14-10/h2-8H2,1H3. The lowest BCUT2D eigenvalue weighted by atomic mass is 10.1. The first-order valence-electron chi connectivity index (χ1n) is 5.95. The zero-order chi connectivity index (χ0) is 11.5. The molecule has 0 amide bonds. The first kappa shape index (κ1) is 11.6. The molecule has 1 aromatic heterocycles. The van der Waals surface area contributed by atoms with Gasteiger partial charge in [0.1, 0.15) is 5.82 Å². The Hall–Kier alpha value is -0.830. The predicted molar refractivity (Wildman–Crippen MR) is 65.2 cm³/mol. The van der Waals surface area contributed by atoms with Crippen LogP contribution in [0.2, 0.25) is 0 Å². The van der Waals surface area contributed by atoms with Crippen LogP contribution in [0.1, 0.15) is 36.8 Å². The molecule has 0 aromatic carbocycles. The molecule has 2 rings (SSSR count). The molecule has 0 atom stereocenters. The molecule has 0 radical (unpaired) electrons. The third-order valence-corrected chi connectivity index (χ3v) is 3.33. The fourth-order valence-corrected chi connectivity index (χ4v) is 2.49. The molecule has 2 heterocycles. The quantitative estimate of drug-likeness (QED) is 0.757. The van der Waals surface area contributed by atoms with Crippen LogP contribution in [0.5, 0.6) is 0 Å². The monoisotopic (exact) mass is 240 g/mol. The number of fused-ring (bicyclic) bond motifs is 1. The summed E-state index contributed by atoms with van der Waals surface area (Å²) >= 11 is 5.74. The number of hydrogen-bond acceptors (Lipinski definition) is 2. The van der Waals surface area contributed by atoms with Gasteiger partial charge in [-0.2, -0.15) is 0 Å². The van der Waals surface area contributed by atoms with Crippen molar-refractivity contribution in [3.05, 3.63) is 27.4 Å². The Morgan fingerprint density at radius 2 is 2.25 bits per heavy atom. The second-order valence-electron chi connectivity index (χ2n) is 4.16. The fraction of sp³-hybridized carbons (Fsp3) is 0.667. The number of hydrogen-bond donors (Lipinski definition) is 0. The summed E-state index contributed by atoms with van der Waals surface area (Å²) in [5.74, 6) is 1.45. The van der Waals surface area contributed by atoms with E-state index in [2.05, 4.69) is 4.98 Å². The molecule has 1 aliphatic heterocycles. The van der Waals surface area contributed by atoms with Gasteiger partial charge in [0.2, 0.25) is 0 Å². The van der Waals surface area contributed by atoms with Gasteiger partial charge in [0.15, 0.2) is 0 Å². The van der Waals surface area contributed by atoms with E-state index in [0.29, 0.717) is 12.3 Å². The number of nitrogens with zero attached hydrogens (tertiary/aromatic N) is 2. The Bertz CT molecular complexity index is 439. The summed E-state index contributed by atoms with van der Waals surface area (Å²) in [6.45, 7) is 2.86. The average Bonchev–Trinajstić information content (AvgIpc) is 2.33. The van der Waals surface area contributed by atoms with Gasteiger partial charge in [-0.25, -0.2) is 4.98 Å². The molecule has 0 bridgehead atoms. The maximum Gasteiger partial charge on any atom is 0.256 e. The molecule has 4 heteroatoms. The van der Waals surface area contributed by atoms with Crippen LogP contribution in [0.25, 0.3) is 0 Å². The van der Waals surface area contributed by atoms with Crippen LogP contribution < -0.4 is 5.56 Å². The molecule has 88 valence electrons. The van der Waals surface area contributed by atoms with Gasteiger partial charge in [0, 0.05) is 24.4 Å². The predicted octanol–water partition coefficient (Wildman–Crippen LogP) is 1.92. The highest BCUT2D eigenvalue weighted by molar-refractivity contribution is 6.17. The van der Waals surface area contributed by atoms with E-state index < -0.39 is 0 Å². The molecule has 0 unspecified atom stereocenters. The Morgan fingerprint density at radius 1 is 1.44 bits per heavy atom. The molecule has 0 saturated carbocycles. The molecule has 0 aliphatic carbocycles. The number of alkyl halides is 1. The minimum absolute atomic E-state index is 0.141. The van der Waals surface area contributed by atoms with Gasteiger partial charge in [-0.15, -0.1) is 11.6 Å². The molecule has 0 N–H and O–H groups in total. The van der Waals surface area contributed by atoms with Gasteiger partial charge in [0.25, 0.3) is 5.56 Å². The maximum atomic E-state index is 12.2.